The van der Waals surface area contributed by atoms with Crippen molar-refractivity contribution in [3.8, 4) is 0 Å². The molecule has 0 spiro atoms. The monoisotopic (exact) mass is 168 g/mol. The molecule has 0 aromatic heterocycles. The third kappa shape index (κ3) is 5.27. The van der Waals surface area contributed by atoms with Crippen molar-refractivity contribution in [2.75, 3.05) is 6.54 Å². The molecule has 2 heteroatoms. The van der Waals surface area contributed by atoms with E-state index in [0.29, 0.717) is 12.1 Å². The van der Waals surface area contributed by atoms with Gasteiger partial charge in [-0.3, -0.25) is 4.90 Å². The summed E-state index contributed by atoms with van der Waals surface area (Å²) in [5.41, 5.74) is 0. The van der Waals surface area contributed by atoms with E-state index >= 15 is 0 Å². The van der Waals surface area contributed by atoms with Crippen LogP contribution in [0.1, 0.15) is 27.7 Å². The molecule has 0 aliphatic carbocycles. The number of rotatable bonds is 3. The van der Waals surface area contributed by atoms with Crippen LogP contribution in [-0.2, 0) is 0 Å². The molecule has 10 heavy (non-hydrogen) atoms. The zero-order chi connectivity index (χ0) is 7.44. The zero-order valence-corrected chi connectivity index (χ0v) is 7.02. The Morgan fingerprint density at radius 3 is 1.40 bits per heavy atom. The molecule has 0 heterocycles. The van der Waals surface area contributed by atoms with Crippen molar-refractivity contribution in [3.63, 3.8) is 0 Å². The Morgan fingerprint density at radius 2 is 1.40 bits per heavy atom. The first-order valence-corrected chi connectivity index (χ1v) is 3.64. The van der Waals surface area contributed by atoms with Crippen LogP contribution in [0.4, 0.5) is 0 Å². The van der Waals surface area contributed by atoms with Gasteiger partial charge in [0.1, 0.15) is 0 Å². The Bertz CT molecular complexity index is 63.7. The van der Waals surface area contributed by atoms with Crippen LogP contribution >= 0.6 is 0 Å². The number of hydrogen-bond donors (Lipinski definition) is 0. The first kappa shape index (κ1) is 14.1. The van der Waals surface area contributed by atoms with E-state index in [9.17, 15) is 0 Å². The predicted octanol–water partition coefficient (Wildman–Crippen LogP) is 1.29. The van der Waals surface area contributed by atoms with Gasteiger partial charge in [-0.1, -0.05) is 0 Å². The first-order chi connectivity index (χ1) is 4.09. The molecule has 0 N–H and O–H groups in total. The first-order valence-electron chi connectivity index (χ1n) is 3.64. The van der Waals surface area contributed by atoms with Gasteiger partial charge in [0, 0.05) is 12.1 Å². The summed E-state index contributed by atoms with van der Waals surface area (Å²) >= 11 is 0. The summed E-state index contributed by atoms with van der Waals surface area (Å²) in [5.74, 6) is 0. The van der Waals surface area contributed by atoms with Crippen LogP contribution in [0.25, 0.3) is 0 Å². The second-order valence-electron chi connectivity index (χ2n) is 2.93. The average Bonchev–Trinajstić information content (AvgIpc) is 1.64. The summed E-state index contributed by atoms with van der Waals surface area (Å²) in [6.07, 6.45) is 0. The Labute approximate surface area is 108 Å². The Kier molecular flexibility index (Phi) is 10.3. The summed E-state index contributed by atoms with van der Waals surface area (Å²) in [5, 5.41) is 0. The van der Waals surface area contributed by atoms with Gasteiger partial charge < -0.3 is 0 Å². The second-order valence-corrected chi connectivity index (χ2v) is 2.93. The maximum atomic E-state index is 3.85. The SMILES string of the molecule is [CH2]CN(C(C)C)C(C)C.[KH]. The van der Waals surface area contributed by atoms with E-state index in [1.165, 1.54) is 0 Å². The van der Waals surface area contributed by atoms with Crippen molar-refractivity contribution < 1.29 is 0 Å². The predicted molar refractivity (Wildman–Crippen MR) is 49.5 cm³/mol. The summed E-state index contributed by atoms with van der Waals surface area (Å²) in [4.78, 5) is 2.35. The van der Waals surface area contributed by atoms with E-state index in [1.807, 2.05) is 0 Å². The minimum absolute atomic E-state index is 0. The quantitative estimate of drug-likeness (QED) is 0.574. The van der Waals surface area contributed by atoms with Crippen LogP contribution < -0.4 is 0 Å². The Morgan fingerprint density at radius 1 is 1.10 bits per heavy atom. The van der Waals surface area contributed by atoms with Crippen LogP contribution in [0.2, 0.25) is 0 Å². The summed E-state index contributed by atoms with van der Waals surface area (Å²) in [7, 11) is 0. The molecule has 0 aliphatic heterocycles. The molecule has 57 valence electrons. The van der Waals surface area contributed by atoms with Gasteiger partial charge in [-0.25, -0.2) is 0 Å². The van der Waals surface area contributed by atoms with Gasteiger partial charge in [0.05, 0.1) is 0 Å². The fourth-order valence-electron chi connectivity index (χ4n) is 1.11. The van der Waals surface area contributed by atoms with Crippen molar-refractivity contribution in [1.29, 1.82) is 0 Å². The van der Waals surface area contributed by atoms with E-state index in [1.54, 1.807) is 0 Å². The standard InChI is InChI=1S/C8H18N.K.H/c1-6-9(7(2)3)8(4)5;;/h7-8H,1,6H2,2-5H3;;. The average molecular weight is 168 g/mol. The van der Waals surface area contributed by atoms with Crippen molar-refractivity contribution in [2.24, 2.45) is 0 Å². The van der Waals surface area contributed by atoms with Gasteiger partial charge in [-0.05, 0) is 41.2 Å². The van der Waals surface area contributed by atoms with Gasteiger partial charge in [-0.15, -0.1) is 0 Å². The maximum absolute atomic E-state index is 3.85. The van der Waals surface area contributed by atoms with Crippen molar-refractivity contribution in [2.45, 2.75) is 39.8 Å². The number of hydrogen-bond acceptors (Lipinski definition) is 1. The molecular formula is C8H19KN. The molecule has 0 aromatic carbocycles. The van der Waals surface area contributed by atoms with Crippen LogP contribution in [0.15, 0.2) is 0 Å². The van der Waals surface area contributed by atoms with E-state index in [-0.39, 0.29) is 51.4 Å². The van der Waals surface area contributed by atoms with Gasteiger partial charge in [-0.2, -0.15) is 0 Å². The summed E-state index contributed by atoms with van der Waals surface area (Å²) in [6, 6.07) is 1.25. The van der Waals surface area contributed by atoms with Crippen LogP contribution in [0, 0.1) is 6.92 Å². The molecule has 0 rings (SSSR count). The van der Waals surface area contributed by atoms with Gasteiger partial charge in [0.25, 0.3) is 0 Å². The fourth-order valence-corrected chi connectivity index (χ4v) is 1.11. The molecular weight excluding hydrogens is 149 g/mol. The molecule has 0 amide bonds. The second kappa shape index (κ2) is 7.26. The molecule has 0 unspecified atom stereocenters. The molecule has 0 aliphatic rings. The molecule has 1 radical (unpaired) electrons. The Hall–Kier alpha value is 1.60. The molecule has 0 aromatic rings. The topological polar surface area (TPSA) is 3.24 Å². The van der Waals surface area contributed by atoms with Crippen molar-refractivity contribution in [3.05, 3.63) is 6.92 Å². The molecule has 0 saturated heterocycles. The van der Waals surface area contributed by atoms with E-state index < -0.39 is 0 Å². The molecule has 0 atom stereocenters. The summed E-state index contributed by atoms with van der Waals surface area (Å²) in [6.45, 7) is 13.6. The number of nitrogens with zero attached hydrogens (tertiary/aromatic N) is 1. The third-order valence-corrected chi connectivity index (χ3v) is 1.58. The van der Waals surface area contributed by atoms with Gasteiger partial charge in [0.15, 0.2) is 0 Å². The normalized spacial score (nSPS) is 10.8. The Balaban J connectivity index is 0. The van der Waals surface area contributed by atoms with Crippen LogP contribution in [0.5, 0.6) is 0 Å². The van der Waals surface area contributed by atoms with Crippen LogP contribution in [-0.4, -0.2) is 74.9 Å². The van der Waals surface area contributed by atoms with Gasteiger partial charge >= 0.3 is 51.4 Å². The van der Waals surface area contributed by atoms with Crippen molar-refractivity contribution in [1.82, 2.24) is 4.90 Å². The minimum atomic E-state index is 0. The molecule has 0 fully saturated rings. The van der Waals surface area contributed by atoms with Crippen molar-refractivity contribution >= 4 is 51.4 Å². The van der Waals surface area contributed by atoms with E-state index in [4.69, 9.17) is 0 Å². The molecule has 0 saturated carbocycles. The van der Waals surface area contributed by atoms with Gasteiger partial charge in [0.2, 0.25) is 0 Å². The molecule has 0 bridgehead atoms. The van der Waals surface area contributed by atoms with E-state index in [0.717, 1.165) is 6.54 Å². The summed E-state index contributed by atoms with van der Waals surface area (Å²) < 4.78 is 0. The zero-order valence-electron chi connectivity index (χ0n) is 7.02. The van der Waals surface area contributed by atoms with Crippen LogP contribution in [0.3, 0.4) is 0 Å². The molecule has 1 nitrogen and oxygen atoms in total. The third-order valence-electron chi connectivity index (χ3n) is 1.58. The fraction of sp³-hybridized carbons (Fsp3) is 0.875. The van der Waals surface area contributed by atoms with E-state index in [2.05, 4.69) is 39.5 Å².